The molecule has 0 fully saturated rings. The molecule has 6 nitrogen and oxygen atoms in total. The van der Waals surface area contributed by atoms with Gasteiger partial charge < -0.3 is 19.5 Å². The third kappa shape index (κ3) is 4.55. The van der Waals surface area contributed by atoms with E-state index in [1.54, 1.807) is 6.92 Å². The van der Waals surface area contributed by atoms with Crippen LogP contribution in [0.5, 0.6) is 17.2 Å². The summed E-state index contributed by atoms with van der Waals surface area (Å²) in [5.41, 5.74) is 4.76. The second-order valence-corrected chi connectivity index (χ2v) is 8.36. The van der Waals surface area contributed by atoms with Gasteiger partial charge in [-0.2, -0.15) is 0 Å². The van der Waals surface area contributed by atoms with Crippen molar-refractivity contribution in [2.24, 2.45) is 0 Å². The largest absolute Gasteiger partial charge is 0.488 e. The van der Waals surface area contributed by atoms with E-state index in [2.05, 4.69) is 11.4 Å². The van der Waals surface area contributed by atoms with Crippen LogP contribution >= 0.6 is 0 Å². The van der Waals surface area contributed by atoms with Crippen molar-refractivity contribution in [3.63, 3.8) is 0 Å². The molecule has 168 valence electrons. The van der Waals surface area contributed by atoms with Crippen molar-refractivity contribution in [1.82, 2.24) is 5.32 Å². The minimum absolute atomic E-state index is 0.0108. The summed E-state index contributed by atoms with van der Waals surface area (Å²) >= 11 is 0. The molecule has 3 aromatic rings. The number of rotatable bonds is 7. The Hall–Kier alpha value is -3.80. The number of ether oxygens (including phenoxy) is 3. The van der Waals surface area contributed by atoms with Crippen LogP contribution in [0.25, 0.3) is 11.1 Å². The van der Waals surface area contributed by atoms with E-state index in [9.17, 15) is 9.59 Å². The number of ketones is 1. The first-order chi connectivity index (χ1) is 16.1. The van der Waals surface area contributed by atoms with Crippen molar-refractivity contribution in [3.05, 3.63) is 77.4 Å². The second kappa shape index (κ2) is 8.98. The number of carbonyl (C=O) groups is 2. The van der Waals surface area contributed by atoms with Crippen LogP contribution < -0.4 is 19.5 Å². The summed E-state index contributed by atoms with van der Waals surface area (Å²) in [5, 5.41) is 2.99. The van der Waals surface area contributed by atoms with Gasteiger partial charge in [0.1, 0.15) is 11.9 Å². The number of hydrogen-bond donors (Lipinski definition) is 1. The zero-order chi connectivity index (χ0) is 22.8. The fourth-order valence-corrected chi connectivity index (χ4v) is 4.31. The zero-order valence-corrected chi connectivity index (χ0v) is 18.4. The van der Waals surface area contributed by atoms with Gasteiger partial charge in [0.2, 0.25) is 12.7 Å². The number of nitrogens with one attached hydrogen (secondary N) is 1. The van der Waals surface area contributed by atoms with E-state index in [0.717, 1.165) is 39.5 Å². The van der Waals surface area contributed by atoms with Crippen molar-refractivity contribution in [2.45, 2.75) is 32.3 Å². The van der Waals surface area contributed by atoms with E-state index < -0.39 is 0 Å². The molecular weight excluding hydrogens is 418 g/mol. The number of amides is 1. The van der Waals surface area contributed by atoms with Crippen LogP contribution in [0.2, 0.25) is 0 Å². The van der Waals surface area contributed by atoms with Gasteiger partial charge in [-0.1, -0.05) is 36.4 Å². The highest BCUT2D eigenvalue weighted by Crippen LogP contribution is 2.34. The summed E-state index contributed by atoms with van der Waals surface area (Å²) in [4.78, 5) is 24.4. The van der Waals surface area contributed by atoms with E-state index in [-0.39, 0.29) is 24.6 Å². The molecular formula is C27H25NO5. The van der Waals surface area contributed by atoms with E-state index in [1.807, 2.05) is 54.6 Å². The Labute approximate surface area is 192 Å². The SMILES string of the molecule is CC(=O)c1ccccc1-c1ccc2c(c1)C[C@@H](CNC(=O)CCc1ccc3c(c1)OCO3)O2. The molecule has 0 aliphatic carbocycles. The van der Waals surface area contributed by atoms with E-state index in [4.69, 9.17) is 14.2 Å². The van der Waals surface area contributed by atoms with Crippen molar-refractivity contribution in [3.8, 4) is 28.4 Å². The van der Waals surface area contributed by atoms with E-state index >= 15 is 0 Å². The number of fused-ring (bicyclic) bond motifs is 2. The number of Topliss-reactive ketones (excluding diaryl/α,β-unsaturated/α-hetero) is 1. The molecule has 2 heterocycles. The smallest absolute Gasteiger partial charge is 0.231 e. The lowest BCUT2D eigenvalue weighted by atomic mass is 9.95. The van der Waals surface area contributed by atoms with Gasteiger partial charge in [-0.25, -0.2) is 0 Å². The summed E-state index contributed by atoms with van der Waals surface area (Å²) in [5.74, 6) is 2.34. The van der Waals surface area contributed by atoms with Gasteiger partial charge in [0.25, 0.3) is 0 Å². The van der Waals surface area contributed by atoms with Crippen molar-refractivity contribution < 1.29 is 23.8 Å². The maximum Gasteiger partial charge on any atom is 0.231 e. The molecule has 0 bridgehead atoms. The highest BCUT2D eigenvalue weighted by Gasteiger charge is 2.24. The molecule has 6 heteroatoms. The molecule has 5 rings (SSSR count). The lowest BCUT2D eigenvalue weighted by molar-refractivity contribution is -0.121. The molecule has 3 aromatic carbocycles. The molecule has 0 saturated heterocycles. The molecule has 1 N–H and O–H groups in total. The average Bonchev–Trinajstić information content (AvgIpc) is 3.47. The predicted molar refractivity (Wildman–Crippen MR) is 124 cm³/mol. The first kappa shape index (κ1) is 21.1. The number of hydrogen-bond acceptors (Lipinski definition) is 5. The van der Waals surface area contributed by atoms with E-state index in [0.29, 0.717) is 31.4 Å². The lowest BCUT2D eigenvalue weighted by Gasteiger charge is -2.12. The van der Waals surface area contributed by atoms with Crippen LogP contribution in [0.15, 0.2) is 60.7 Å². The lowest BCUT2D eigenvalue weighted by Crippen LogP contribution is -2.34. The maximum atomic E-state index is 12.4. The quantitative estimate of drug-likeness (QED) is 0.550. The fourth-order valence-electron chi connectivity index (χ4n) is 4.31. The Bertz CT molecular complexity index is 1220. The molecule has 0 saturated carbocycles. The van der Waals surface area contributed by atoms with Gasteiger partial charge in [-0.15, -0.1) is 0 Å². The molecule has 2 aliphatic rings. The molecule has 1 atom stereocenters. The van der Waals surface area contributed by atoms with E-state index in [1.165, 1.54) is 0 Å². The number of aryl methyl sites for hydroxylation is 1. The fraction of sp³-hybridized carbons (Fsp3) is 0.259. The molecule has 0 unspecified atom stereocenters. The molecule has 33 heavy (non-hydrogen) atoms. The van der Waals surface area contributed by atoms with Gasteiger partial charge in [0.05, 0.1) is 6.54 Å². The van der Waals surface area contributed by atoms with Crippen LogP contribution in [-0.2, 0) is 17.6 Å². The summed E-state index contributed by atoms with van der Waals surface area (Å²) in [6.45, 7) is 2.28. The molecule has 0 radical (unpaired) electrons. The first-order valence-corrected chi connectivity index (χ1v) is 11.1. The maximum absolute atomic E-state index is 12.4. The topological polar surface area (TPSA) is 73.9 Å². The normalized spacial score (nSPS) is 15.6. The van der Waals surface area contributed by atoms with Gasteiger partial charge in [-0.05, 0) is 59.9 Å². The minimum Gasteiger partial charge on any atom is -0.488 e. The molecule has 0 spiro atoms. The van der Waals surface area contributed by atoms with Gasteiger partial charge in [0.15, 0.2) is 17.3 Å². The molecule has 0 aromatic heterocycles. The van der Waals surface area contributed by atoms with Crippen molar-refractivity contribution in [2.75, 3.05) is 13.3 Å². The summed E-state index contributed by atoms with van der Waals surface area (Å²) in [7, 11) is 0. The molecule has 2 aliphatic heterocycles. The van der Waals surface area contributed by atoms with Crippen LogP contribution in [-0.4, -0.2) is 31.1 Å². The zero-order valence-electron chi connectivity index (χ0n) is 18.4. The van der Waals surface area contributed by atoms with Crippen molar-refractivity contribution >= 4 is 11.7 Å². The average molecular weight is 443 g/mol. The third-order valence-corrected chi connectivity index (χ3v) is 6.02. The monoisotopic (exact) mass is 443 g/mol. The number of carbonyl (C=O) groups excluding carboxylic acids is 2. The Morgan fingerprint density at radius 1 is 0.970 bits per heavy atom. The standard InChI is InChI=1S/C27H25NO5/c1-17(29)22-4-2-3-5-23(22)19-8-10-24-20(13-19)14-21(33-24)15-28-27(30)11-7-18-6-9-25-26(12-18)32-16-31-25/h2-6,8-10,12-13,21H,7,11,14-16H2,1H3,(H,28,30)/t21-/m0/s1. The van der Waals surface area contributed by atoms with Gasteiger partial charge in [-0.3, -0.25) is 9.59 Å². The Kier molecular flexibility index (Phi) is 5.73. The predicted octanol–water partition coefficient (Wildman–Crippen LogP) is 4.34. The summed E-state index contributed by atoms with van der Waals surface area (Å²) < 4.78 is 16.7. The van der Waals surface area contributed by atoms with Gasteiger partial charge >= 0.3 is 0 Å². The Balaban J connectivity index is 1.15. The molecule has 1 amide bonds. The first-order valence-electron chi connectivity index (χ1n) is 11.1. The Morgan fingerprint density at radius 3 is 2.67 bits per heavy atom. The number of benzene rings is 3. The second-order valence-electron chi connectivity index (χ2n) is 8.36. The van der Waals surface area contributed by atoms with Gasteiger partial charge in [0, 0.05) is 18.4 Å². The highest BCUT2D eigenvalue weighted by molar-refractivity contribution is 6.00. The summed E-state index contributed by atoms with van der Waals surface area (Å²) in [6, 6.07) is 19.4. The Morgan fingerprint density at radius 2 is 1.79 bits per heavy atom. The van der Waals surface area contributed by atoms with Crippen LogP contribution in [0, 0.1) is 0 Å². The summed E-state index contributed by atoms with van der Waals surface area (Å²) in [6.07, 6.45) is 1.64. The minimum atomic E-state index is -0.104. The highest BCUT2D eigenvalue weighted by atomic mass is 16.7. The van der Waals surface area contributed by atoms with Crippen LogP contribution in [0.4, 0.5) is 0 Å². The van der Waals surface area contributed by atoms with Crippen LogP contribution in [0.1, 0.15) is 34.8 Å². The van der Waals surface area contributed by atoms with Crippen LogP contribution in [0.3, 0.4) is 0 Å². The van der Waals surface area contributed by atoms with Crippen molar-refractivity contribution in [1.29, 1.82) is 0 Å². The third-order valence-electron chi connectivity index (χ3n) is 6.02.